The summed E-state index contributed by atoms with van der Waals surface area (Å²) in [5.41, 5.74) is 5.84. The first kappa shape index (κ1) is 16.3. The van der Waals surface area contributed by atoms with E-state index in [1.54, 1.807) is 36.3 Å². The molecular weight excluding hydrogens is 282 g/mol. The third-order valence-corrected chi connectivity index (χ3v) is 3.05. The predicted molar refractivity (Wildman–Crippen MR) is 77.3 cm³/mol. The van der Waals surface area contributed by atoms with Crippen LogP contribution in [0, 0.1) is 0 Å². The summed E-state index contributed by atoms with van der Waals surface area (Å²) in [5, 5.41) is 11.8. The maximum atomic E-state index is 12.4. The molecule has 0 aliphatic heterocycles. The zero-order valence-electron chi connectivity index (χ0n) is 11.3. The van der Waals surface area contributed by atoms with Gasteiger partial charge in [0.1, 0.15) is 5.84 Å². The van der Waals surface area contributed by atoms with Crippen LogP contribution in [-0.2, 0) is 4.74 Å². The van der Waals surface area contributed by atoms with Gasteiger partial charge in [0.25, 0.3) is 5.91 Å². The lowest BCUT2D eigenvalue weighted by molar-refractivity contribution is 0.0700. The van der Waals surface area contributed by atoms with Crippen molar-refractivity contribution in [3.63, 3.8) is 0 Å². The molecule has 1 amide bonds. The molecule has 1 aromatic carbocycles. The van der Waals surface area contributed by atoms with Gasteiger partial charge in [0, 0.05) is 26.6 Å². The van der Waals surface area contributed by atoms with Crippen LogP contribution >= 0.6 is 11.6 Å². The number of nitrogens with two attached hydrogens (primary N) is 1. The van der Waals surface area contributed by atoms with E-state index in [1.807, 2.05) is 0 Å². The number of halogens is 1. The molecule has 6 nitrogen and oxygen atoms in total. The fourth-order valence-corrected chi connectivity index (χ4v) is 1.84. The van der Waals surface area contributed by atoms with Crippen LogP contribution in [0.3, 0.4) is 0 Å². The lowest BCUT2D eigenvalue weighted by Gasteiger charge is -2.22. The van der Waals surface area contributed by atoms with Gasteiger partial charge in [-0.05, 0) is 12.1 Å². The molecule has 0 saturated heterocycles. The monoisotopic (exact) mass is 299 g/mol. The summed E-state index contributed by atoms with van der Waals surface area (Å²) in [6.45, 7) is 1.12. The largest absolute Gasteiger partial charge is 0.409 e. The van der Waals surface area contributed by atoms with E-state index in [0.29, 0.717) is 30.3 Å². The number of hydrogen-bond donors (Lipinski definition) is 2. The molecule has 0 spiro atoms. The van der Waals surface area contributed by atoms with Crippen LogP contribution < -0.4 is 5.73 Å². The highest BCUT2D eigenvalue weighted by Gasteiger charge is 2.18. The van der Waals surface area contributed by atoms with Gasteiger partial charge in [-0.15, -0.1) is 0 Å². The standard InChI is InChI=1S/C13H18ClN3O3/c1-20-9-8-17(7-6-12(15)16-19)13(18)10-4-2-3-5-11(10)14/h2-5,19H,6-9H2,1H3,(H2,15,16). The zero-order chi connectivity index (χ0) is 15.0. The molecular formula is C13H18ClN3O3. The predicted octanol–water partition coefficient (Wildman–Crippen LogP) is 1.57. The first-order valence-corrected chi connectivity index (χ1v) is 6.47. The third-order valence-electron chi connectivity index (χ3n) is 2.72. The van der Waals surface area contributed by atoms with Crippen molar-refractivity contribution in [1.29, 1.82) is 0 Å². The van der Waals surface area contributed by atoms with Crippen LogP contribution in [-0.4, -0.2) is 48.7 Å². The van der Waals surface area contributed by atoms with Crippen LogP contribution in [0.2, 0.25) is 5.02 Å². The number of nitrogens with zero attached hydrogens (tertiary/aromatic N) is 2. The summed E-state index contributed by atoms with van der Waals surface area (Å²) in [5.74, 6) is -0.141. The van der Waals surface area contributed by atoms with Crippen molar-refractivity contribution in [2.75, 3.05) is 26.8 Å². The van der Waals surface area contributed by atoms with Crippen molar-refractivity contribution >= 4 is 23.3 Å². The number of hydrogen-bond acceptors (Lipinski definition) is 4. The van der Waals surface area contributed by atoms with Crippen LogP contribution in [0.25, 0.3) is 0 Å². The van der Waals surface area contributed by atoms with Gasteiger partial charge in [0.15, 0.2) is 0 Å². The number of oxime groups is 1. The smallest absolute Gasteiger partial charge is 0.255 e. The van der Waals surface area contributed by atoms with E-state index in [4.69, 9.17) is 27.3 Å². The van der Waals surface area contributed by atoms with E-state index in [-0.39, 0.29) is 18.2 Å². The van der Waals surface area contributed by atoms with Gasteiger partial charge in [0.2, 0.25) is 0 Å². The van der Waals surface area contributed by atoms with Gasteiger partial charge in [-0.25, -0.2) is 0 Å². The SMILES string of the molecule is COCCN(CCC(N)=NO)C(=O)c1ccccc1Cl. The average molecular weight is 300 g/mol. The van der Waals surface area contributed by atoms with E-state index >= 15 is 0 Å². The zero-order valence-corrected chi connectivity index (χ0v) is 12.0. The van der Waals surface area contributed by atoms with E-state index in [2.05, 4.69) is 5.16 Å². The number of ether oxygens (including phenoxy) is 1. The fraction of sp³-hybridized carbons (Fsp3) is 0.385. The minimum atomic E-state index is -0.210. The van der Waals surface area contributed by atoms with E-state index < -0.39 is 0 Å². The lowest BCUT2D eigenvalue weighted by atomic mass is 10.2. The quantitative estimate of drug-likeness (QED) is 0.346. The maximum Gasteiger partial charge on any atom is 0.255 e. The molecule has 0 atom stereocenters. The number of methoxy groups -OCH3 is 1. The lowest BCUT2D eigenvalue weighted by Crippen LogP contribution is -2.36. The van der Waals surface area contributed by atoms with Gasteiger partial charge >= 0.3 is 0 Å². The molecule has 1 rings (SSSR count). The Morgan fingerprint density at radius 2 is 2.15 bits per heavy atom. The fourth-order valence-electron chi connectivity index (χ4n) is 1.62. The van der Waals surface area contributed by atoms with Crippen molar-refractivity contribution in [1.82, 2.24) is 4.90 Å². The number of amidine groups is 1. The van der Waals surface area contributed by atoms with Crippen LogP contribution in [0.4, 0.5) is 0 Å². The summed E-state index contributed by atoms with van der Waals surface area (Å²) in [6.07, 6.45) is 0.274. The van der Waals surface area contributed by atoms with E-state index in [0.717, 1.165) is 0 Å². The molecule has 0 fully saturated rings. The van der Waals surface area contributed by atoms with Crippen molar-refractivity contribution in [2.45, 2.75) is 6.42 Å². The molecule has 0 bridgehead atoms. The molecule has 0 aliphatic rings. The first-order chi connectivity index (χ1) is 9.60. The van der Waals surface area contributed by atoms with Crippen molar-refractivity contribution in [3.05, 3.63) is 34.9 Å². The Labute approximate surface area is 122 Å². The second kappa shape index (κ2) is 8.39. The molecule has 0 saturated carbocycles. The second-order valence-corrected chi connectivity index (χ2v) is 4.51. The number of rotatable bonds is 7. The average Bonchev–Trinajstić information content (AvgIpc) is 2.47. The molecule has 0 radical (unpaired) electrons. The minimum absolute atomic E-state index is 0.0689. The Morgan fingerprint density at radius 1 is 1.45 bits per heavy atom. The third kappa shape index (κ3) is 4.71. The van der Waals surface area contributed by atoms with Crippen molar-refractivity contribution < 1.29 is 14.7 Å². The van der Waals surface area contributed by atoms with Crippen LogP contribution in [0.5, 0.6) is 0 Å². The van der Waals surface area contributed by atoms with E-state index in [1.165, 1.54) is 0 Å². The molecule has 0 unspecified atom stereocenters. The molecule has 7 heteroatoms. The topological polar surface area (TPSA) is 88.2 Å². The van der Waals surface area contributed by atoms with Crippen LogP contribution in [0.15, 0.2) is 29.4 Å². The Bertz CT molecular complexity index is 480. The number of carbonyl (C=O) groups is 1. The van der Waals surface area contributed by atoms with Gasteiger partial charge in [-0.3, -0.25) is 4.79 Å². The molecule has 0 aliphatic carbocycles. The second-order valence-electron chi connectivity index (χ2n) is 4.11. The van der Waals surface area contributed by atoms with Gasteiger partial charge in [-0.1, -0.05) is 28.9 Å². The Kier molecular flexibility index (Phi) is 6.83. The van der Waals surface area contributed by atoms with E-state index in [9.17, 15) is 4.79 Å². The summed E-state index contributed by atoms with van der Waals surface area (Å²) in [4.78, 5) is 14.0. The van der Waals surface area contributed by atoms with Crippen LogP contribution in [0.1, 0.15) is 16.8 Å². The highest BCUT2D eigenvalue weighted by molar-refractivity contribution is 6.33. The first-order valence-electron chi connectivity index (χ1n) is 6.09. The summed E-state index contributed by atoms with van der Waals surface area (Å²) in [6, 6.07) is 6.83. The molecule has 3 N–H and O–H groups in total. The Balaban J connectivity index is 2.81. The highest BCUT2D eigenvalue weighted by Crippen LogP contribution is 2.17. The highest BCUT2D eigenvalue weighted by atomic mass is 35.5. The Morgan fingerprint density at radius 3 is 2.75 bits per heavy atom. The number of benzene rings is 1. The molecule has 20 heavy (non-hydrogen) atoms. The molecule has 1 aromatic rings. The number of amides is 1. The molecule has 0 aromatic heterocycles. The van der Waals surface area contributed by atoms with Gasteiger partial charge < -0.3 is 20.6 Å². The maximum absolute atomic E-state index is 12.4. The molecule has 0 heterocycles. The Hall–Kier alpha value is -1.79. The van der Waals surface area contributed by atoms with Crippen molar-refractivity contribution in [3.8, 4) is 0 Å². The summed E-state index contributed by atoms with van der Waals surface area (Å²) in [7, 11) is 1.56. The normalized spacial score (nSPS) is 11.4. The summed E-state index contributed by atoms with van der Waals surface area (Å²) >= 11 is 6.02. The summed E-state index contributed by atoms with van der Waals surface area (Å²) < 4.78 is 4.98. The molecule has 110 valence electrons. The van der Waals surface area contributed by atoms with Crippen molar-refractivity contribution in [2.24, 2.45) is 10.9 Å². The van der Waals surface area contributed by atoms with Gasteiger partial charge in [-0.2, -0.15) is 0 Å². The minimum Gasteiger partial charge on any atom is -0.409 e. The van der Waals surface area contributed by atoms with Gasteiger partial charge in [0.05, 0.1) is 17.2 Å². The number of carbonyl (C=O) groups excluding carboxylic acids is 1.